The summed E-state index contributed by atoms with van der Waals surface area (Å²) in [5, 5.41) is 35.1. The molecule has 0 aliphatic rings. The molecule has 2 aromatic carbocycles. The molecule has 0 aliphatic carbocycles. The van der Waals surface area contributed by atoms with Gasteiger partial charge in [-0.1, -0.05) is 38.1 Å². The molecule has 8 heteroatoms. The third-order valence-electron chi connectivity index (χ3n) is 4.71. The van der Waals surface area contributed by atoms with Crippen LogP contribution in [0.1, 0.15) is 52.7 Å². The summed E-state index contributed by atoms with van der Waals surface area (Å²) in [7, 11) is 0. The minimum absolute atomic E-state index is 0.151. The van der Waals surface area contributed by atoms with Crippen LogP contribution < -0.4 is 0 Å². The molecule has 192 valence electrons. The topological polar surface area (TPSA) is 134 Å². The molecule has 0 aliphatic heterocycles. The summed E-state index contributed by atoms with van der Waals surface area (Å²) in [5.74, 6) is -1.34. The van der Waals surface area contributed by atoms with Crippen molar-refractivity contribution in [3.8, 4) is 11.5 Å². The third-order valence-corrected chi connectivity index (χ3v) is 4.71. The molecule has 2 rings (SSSR count). The van der Waals surface area contributed by atoms with Crippen LogP contribution >= 0.6 is 0 Å². The van der Waals surface area contributed by atoms with E-state index in [1.807, 2.05) is 24.3 Å². The van der Waals surface area contributed by atoms with Gasteiger partial charge in [-0.05, 0) is 63.1 Å². The van der Waals surface area contributed by atoms with Gasteiger partial charge in [-0.25, -0.2) is 9.59 Å². The number of hydrogen-bond donors (Lipinski definition) is 4. The Bertz CT molecular complexity index is 892. The maximum absolute atomic E-state index is 10.1. The van der Waals surface area contributed by atoms with Crippen LogP contribution in [0.25, 0.3) is 0 Å². The number of benzene rings is 2. The van der Waals surface area contributed by atoms with E-state index in [1.165, 1.54) is 26.4 Å². The van der Waals surface area contributed by atoms with Gasteiger partial charge in [0.15, 0.2) is 0 Å². The number of carboxylic acid groups (broad SMARTS) is 2. The average Bonchev–Trinajstić information content (AvgIpc) is 2.82. The van der Waals surface area contributed by atoms with E-state index in [0.717, 1.165) is 11.1 Å². The zero-order chi connectivity index (χ0) is 27.0. The molecular weight excluding hydrogens is 452 g/mol. The van der Waals surface area contributed by atoms with Crippen molar-refractivity contribution >= 4 is 11.9 Å². The number of ether oxygens (including phenoxy) is 2. The highest BCUT2D eigenvalue weighted by molar-refractivity contribution is 5.85. The highest BCUT2D eigenvalue weighted by Crippen LogP contribution is 2.32. The van der Waals surface area contributed by atoms with Crippen molar-refractivity contribution in [3.63, 3.8) is 0 Å². The van der Waals surface area contributed by atoms with Crippen molar-refractivity contribution in [2.75, 3.05) is 13.2 Å². The molecule has 0 fully saturated rings. The lowest BCUT2D eigenvalue weighted by Gasteiger charge is -2.26. The molecule has 0 spiro atoms. The lowest BCUT2D eigenvalue weighted by Crippen LogP contribution is -2.18. The molecule has 8 nitrogen and oxygen atoms in total. The van der Waals surface area contributed by atoms with E-state index in [-0.39, 0.29) is 28.1 Å². The summed E-state index contributed by atoms with van der Waals surface area (Å²) >= 11 is 0. The van der Waals surface area contributed by atoms with Gasteiger partial charge in [0.2, 0.25) is 0 Å². The second kappa shape index (κ2) is 15.8. The van der Waals surface area contributed by atoms with Gasteiger partial charge >= 0.3 is 11.9 Å². The second-order valence-electron chi connectivity index (χ2n) is 7.84. The van der Waals surface area contributed by atoms with Crippen molar-refractivity contribution in [2.24, 2.45) is 0 Å². The van der Waals surface area contributed by atoms with Crippen LogP contribution in [-0.4, -0.2) is 45.6 Å². The van der Waals surface area contributed by atoms with Crippen molar-refractivity contribution in [2.45, 2.75) is 47.0 Å². The number of aromatic hydroxyl groups is 2. The van der Waals surface area contributed by atoms with Gasteiger partial charge in [0.05, 0.1) is 36.9 Å². The number of rotatable bonds is 8. The quantitative estimate of drug-likeness (QED) is 0.285. The van der Waals surface area contributed by atoms with E-state index < -0.39 is 11.9 Å². The minimum Gasteiger partial charge on any atom is -0.508 e. The summed E-state index contributed by atoms with van der Waals surface area (Å²) in [4.78, 5) is 20.1. The Morgan fingerprint density at radius 1 is 0.714 bits per heavy atom. The number of aliphatic carboxylic acids is 2. The first-order valence-corrected chi connectivity index (χ1v) is 11.0. The summed E-state index contributed by atoms with van der Waals surface area (Å²) in [6.45, 7) is 11.8. The fraction of sp³-hybridized carbons (Fsp3) is 0.333. The molecule has 0 aromatic heterocycles. The number of carbonyl (C=O) groups is 2. The fourth-order valence-corrected chi connectivity index (χ4v) is 2.44. The minimum atomic E-state index is -0.941. The van der Waals surface area contributed by atoms with E-state index in [0.29, 0.717) is 13.2 Å². The zero-order valence-corrected chi connectivity index (χ0v) is 21.1. The largest absolute Gasteiger partial charge is 0.508 e. The lowest BCUT2D eigenvalue weighted by molar-refractivity contribution is -0.133. The Hall–Kier alpha value is -3.94. The SMILES string of the molecule is CC(C)(c1ccc(O)cc1)c1ccc(O)cc1.CCOC=C(C)C(=O)O.CCOC=C(C)C(=O)O. The number of phenolic OH excluding ortho intramolecular Hbond substituents is 2. The van der Waals surface area contributed by atoms with Crippen LogP contribution in [0.5, 0.6) is 11.5 Å². The van der Waals surface area contributed by atoms with Gasteiger partial charge in [-0.15, -0.1) is 0 Å². The summed E-state index contributed by atoms with van der Waals surface area (Å²) < 4.78 is 9.43. The predicted octanol–water partition coefficient (Wildman–Crippen LogP) is 5.45. The van der Waals surface area contributed by atoms with Crippen molar-refractivity contribution in [1.82, 2.24) is 0 Å². The van der Waals surface area contributed by atoms with Crippen LogP contribution in [-0.2, 0) is 24.5 Å². The van der Waals surface area contributed by atoms with Crippen LogP contribution in [0.3, 0.4) is 0 Å². The van der Waals surface area contributed by atoms with Gasteiger partial charge in [0.25, 0.3) is 0 Å². The van der Waals surface area contributed by atoms with E-state index in [4.69, 9.17) is 19.7 Å². The number of carboxylic acids is 2. The summed E-state index contributed by atoms with van der Waals surface area (Å²) in [6, 6.07) is 14.4. The van der Waals surface area contributed by atoms with Gasteiger partial charge in [-0.3, -0.25) is 0 Å². The van der Waals surface area contributed by atoms with Gasteiger partial charge < -0.3 is 29.9 Å². The molecule has 0 saturated carbocycles. The monoisotopic (exact) mass is 488 g/mol. The van der Waals surface area contributed by atoms with Crippen molar-refractivity contribution in [3.05, 3.63) is 83.3 Å². The summed E-state index contributed by atoms with van der Waals surface area (Å²) in [5.41, 5.74) is 2.54. The molecule has 0 bridgehead atoms. The van der Waals surface area contributed by atoms with Crippen LogP contribution in [0, 0.1) is 0 Å². The molecule has 0 radical (unpaired) electrons. The third kappa shape index (κ3) is 12.2. The van der Waals surface area contributed by atoms with Crippen molar-refractivity contribution < 1.29 is 39.5 Å². The zero-order valence-electron chi connectivity index (χ0n) is 21.1. The molecule has 4 N–H and O–H groups in total. The first kappa shape index (κ1) is 31.1. The summed E-state index contributed by atoms with van der Waals surface area (Å²) in [6.07, 6.45) is 2.48. The molecule has 0 saturated heterocycles. The first-order valence-electron chi connectivity index (χ1n) is 11.0. The maximum atomic E-state index is 10.1. The molecule has 0 amide bonds. The highest BCUT2D eigenvalue weighted by Gasteiger charge is 2.22. The second-order valence-corrected chi connectivity index (χ2v) is 7.84. The smallest absolute Gasteiger partial charge is 0.334 e. The first-order chi connectivity index (χ1) is 16.4. The molecule has 2 aromatic rings. The van der Waals surface area contributed by atoms with E-state index >= 15 is 0 Å². The highest BCUT2D eigenvalue weighted by atomic mass is 16.5. The van der Waals surface area contributed by atoms with Gasteiger partial charge in [-0.2, -0.15) is 0 Å². The molecule has 0 heterocycles. The molecule has 35 heavy (non-hydrogen) atoms. The lowest BCUT2D eigenvalue weighted by atomic mass is 9.78. The Balaban J connectivity index is 0.000000549. The van der Waals surface area contributed by atoms with E-state index in [9.17, 15) is 19.8 Å². The Labute approximate surface area is 206 Å². The maximum Gasteiger partial charge on any atom is 0.334 e. The number of hydrogen-bond acceptors (Lipinski definition) is 6. The molecule has 0 atom stereocenters. The van der Waals surface area contributed by atoms with Crippen LogP contribution in [0.15, 0.2) is 72.2 Å². The van der Waals surface area contributed by atoms with Crippen LogP contribution in [0.4, 0.5) is 0 Å². The standard InChI is InChI=1S/C15H16O2.2C6H10O3/c1-15(2,11-3-7-13(16)8-4-11)12-5-9-14(17)10-6-12;2*1-3-9-4-5(2)6(7)8/h3-10,16-17H,1-2H3;2*4H,3H2,1-2H3,(H,7,8). The van der Waals surface area contributed by atoms with E-state index in [2.05, 4.69) is 13.8 Å². The number of phenols is 2. The normalized spacial score (nSPS) is 11.3. The van der Waals surface area contributed by atoms with Crippen molar-refractivity contribution in [1.29, 1.82) is 0 Å². The Kier molecular flexibility index (Phi) is 14.0. The van der Waals surface area contributed by atoms with E-state index in [1.54, 1.807) is 38.1 Å². The van der Waals surface area contributed by atoms with Gasteiger partial charge in [0, 0.05) is 5.41 Å². The molecular formula is C27H36O8. The van der Waals surface area contributed by atoms with Crippen LogP contribution in [0.2, 0.25) is 0 Å². The fourth-order valence-electron chi connectivity index (χ4n) is 2.44. The average molecular weight is 489 g/mol. The predicted molar refractivity (Wildman–Crippen MR) is 134 cm³/mol. The Morgan fingerprint density at radius 3 is 1.23 bits per heavy atom. The van der Waals surface area contributed by atoms with Gasteiger partial charge in [0.1, 0.15) is 11.5 Å². The Morgan fingerprint density at radius 2 is 1.00 bits per heavy atom. The molecule has 0 unspecified atom stereocenters.